The Hall–Kier alpha value is 0.0300. The van der Waals surface area contributed by atoms with Crippen LogP contribution in [0, 0.1) is 0 Å². The van der Waals surface area contributed by atoms with E-state index in [0.717, 1.165) is 17.0 Å². The topological polar surface area (TPSA) is 0 Å². The number of rotatable bonds is 5. The molecule has 140 valence electrons. The second-order valence-corrected chi connectivity index (χ2v) is 21.5. The third-order valence-electron chi connectivity index (χ3n) is 6.66. The van der Waals surface area contributed by atoms with Crippen molar-refractivity contribution in [2.24, 2.45) is 0 Å². The molecule has 2 fully saturated rings. The van der Waals surface area contributed by atoms with Crippen LogP contribution in [0.15, 0.2) is 60.7 Å². The molecule has 0 radical (unpaired) electrons. The van der Waals surface area contributed by atoms with E-state index in [1.54, 1.807) is 23.2 Å². The molecular formula is C23H31IP2. The summed E-state index contributed by atoms with van der Waals surface area (Å²) in [6.45, 7) is 2.44. The normalized spacial score (nSPS) is 31.8. The van der Waals surface area contributed by atoms with Crippen molar-refractivity contribution in [2.45, 2.75) is 56.0 Å². The van der Waals surface area contributed by atoms with Crippen molar-refractivity contribution in [3.63, 3.8) is 0 Å². The zero-order valence-electron chi connectivity index (χ0n) is 15.8. The van der Waals surface area contributed by atoms with Crippen LogP contribution in [-0.4, -0.2) is 17.7 Å². The Kier molecular flexibility index (Phi) is 6.39. The monoisotopic (exact) mass is 496 g/mol. The molecule has 2 aromatic rings. The molecule has 26 heavy (non-hydrogen) atoms. The van der Waals surface area contributed by atoms with E-state index in [2.05, 4.69) is 89.6 Å². The first-order chi connectivity index (χ1) is 12.7. The van der Waals surface area contributed by atoms with Crippen LogP contribution in [-0.2, 0) is 0 Å². The van der Waals surface area contributed by atoms with Gasteiger partial charge in [-0.05, 0) is 0 Å². The van der Waals surface area contributed by atoms with Gasteiger partial charge >= 0.3 is 175 Å². The molecule has 4 atom stereocenters. The van der Waals surface area contributed by atoms with Gasteiger partial charge in [0.25, 0.3) is 0 Å². The van der Waals surface area contributed by atoms with Crippen LogP contribution in [0.4, 0.5) is 0 Å². The van der Waals surface area contributed by atoms with Gasteiger partial charge in [-0.2, -0.15) is 0 Å². The van der Waals surface area contributed by atoms with E-state index in [4.69, 9.17) is 0 Å². The summed E-state index contributed by atoms with van der Waals surface area (Å²) in [4.78, 5) is -1.26. The molecule has 0 bridgehead atoms. The fraction of sp³-hybridized carbons (Fsp3) is 0.478. The maximum atomic E-state index is 3.03. The van der Waals surface area contributed by atoms with E-state index in [9.17, 15) is 0 Å². The minimum atomic E-state index is -1.26. The Labute approximate surface area is 174 Å². The van der Waals surface area contributed by atoms with Crippen LogP contribution in [0.1, 0.15) is 61.5 Å². The maximum absolute atomic E-state index is 3.03. The quantitative estimate of drug-likeness (QED) is 0.288. The van der Waals surface area contributed by atoms with Crippen LogP contribution in [0.5, 0.6) is 0 Å². The summed E-state index contributed by atoms with van der Waals surface area (Å²) in [6, 6.07) is 23.0. The third-order valence-corrected chi connectivity index (χ3v) is 23.1. The first-order valence-electron chi connectivity index (χ1n) is 10.3. The van der Waals surface area contributed by atoms with Crippen molar-refractivity contribution >= 4 is 34.9 Å². The predicted molar refractivity (Wildman–Crippen MR) is 130 cm³/mol. The van der Waals surface area contributed by atoms with Gasteiger partial charge in [-0.3, -0.25) is 0 Å². The summed E-state index contributed by atoms with van der Waals surface area (Å²) in [7, 11) is 0.129. The van der Waals surface area contributed by atoms with E-state index in [0.29, 0.717) is 0 Å². The SMILES string of the molecule is CC[C@@H]1CC[C@@H](c2ccccc2)P1C[PH]1(I)CCC[C@H]1c1ccccc1. The van der Waals surface area contributed by atoms with Crippen LogP contribution >= 0.6 is 34.9 Å². The van der Waals surface area contributed by atoms with Gasteiger partial charge in [-0.25, -0.2) is 0 Å². The summed E-state index contributed by atoms with van der Waals surface area (Å²) in [5, 5.41) is 0. The van der Waals surface area contributed by atoms with Crippen LogP contribution in [0.2, 0.25) is 0 Å². The van der Waals surface area contributed by atoms with E-state index in [1.165, 1.54) is 32.1 Å². The first kappa shape index (κ1) is 19.4. The zero-order valence-corrected chi connectivity index (χ0v) is 19.8. The van der Waals surface area contributed by atoms with Gasteiger partial charge < -0.3 is 0 Å². The molecule has 2 aromatic carbocycles. The second kappa shape index (κ2) is 8.59. The number of hydrogen-bond donors (Lipinski definition) is 0. The van der Waals surface area contributed by atoms with Crippen molar-refractivity contribution in [3.8, 4) is 0 Å². The molecule has 1 unspecified atom stereocenters. The molecule has 2 heterocycles. The van der Waals surface area contributed by atoms with Crippen molar-refractivity contribution in [2.75, 3.05) is 12.1 Å². The van der Waals surface area contributed by atoms with E-state index >= 15 is 0 Å². The van der Waals surface area contributed by atoms with Gasteiger partial charge in [-0.15, -0.1) is 0 Å². The summed E-state index contributed by atoms with van der Waals surface area (Å²) in [6.07, 6.45) is 8.75. The van der Waals surface area contributed by atoms with E-state index < -0.39 is 4.90 Å². The molecule has 4 rings (SSSR count). The fourth-order valence-electron chi connectivity index (χ4n) is 5.32. The zero-order chi connectivity index (χ0) is 18.0. The molecule has 0 aromatic heterocycles. The summed E-state index contributed by atoms with van der Waals surface area (Å²) >= 11 is 3.03. The van der Waals surface area contributed by atoms with E-state index in [1.807, 2.05) is 0 Å². The standard InChI is InChI=1S/C23H31IP2/c1-2-21-15-16-22(19-10-5-3-6-11-19)25(21)18-26(24)17-9-14-23(26)20-12-7-4-8-13-20/h3-8,10-13,21-23,26H,2,9,14-18H2,1H3/t21-,22+,23+,25?/m1/s1. The van der Waals surface area contributed by atoms with Gasteiger partial charge in [-0.1, -0.05) is 0 Å². The van der Waals surface area contributed by atoms with Crippen LogP contribution in [0.25, 0.3) is 0 Å². The van der Waals surface area contributed by atoms with Crippen molar-refractivity contribution in [3.05, 3.63) is 71.8 Å². The Morgan fingerprint density at radius 3 is 2.23 bits per heavy atom. The summed E-state index contributed by atoms with van der Waals surface area (Å²) in [5.41, 5.74) is 6.04. The summed E-state index contributed by atoms with van der Waals surface area (Å²) < 4.78 is 0. The molecule has 0 nitrogen and oxygen atoms in total. The van der Waals surface area contributed by atoms with Crippen molar-refractivity contribution < 1.29 is 0 Å². The Morgan fingerprint density at radius 1 is 0.923 bits per heavy atom. The Bertz CT molecular complexity index is 705. The third kappa shape index (κ3) is 3.92. The second-order valence-electron chi connectivity index (χ2n) is 8.13. The molecule has 3 heteroatoms. The molecule has 2 saturated heterocycles. The summed E-state index contributed by atoms with van der Waals surface area (Å²) in [5.74, 6) is 1.60. The van der Waals surface area contributed by atoms with Gasteiger partial charge in [0.1, 0.15) is 0 Å². The molecule has 0 saturated carbocycles. The van der Waals surface area contributed by atoms with Crippen LogP contribution < -0.4 is 0 Å². The van der Waals surface area contributed by atoms with E-state index in [-0.39, 0.29) is 7.92 Å². The molecule has 0 aliphatic carbocycles. The molecular weight excluding hydrogens is 465 g/mol. The Morgan fingerprint density at radius 2 is 1.58 bits per heavy atom. The van der Waals surface area contributed by atoms with Gasteiger partial charge in [0, 0.05) is 0 Å². The number of halogens is 1. The van der Waals surface area contributed by atoms with Gasteiger partial charge in [0.15, 0.2) is 0 Å². The molecule has 0 amide bonds. The molecule has 0 N–H and O–H groups in total. The fourth-order valence-corrected chi connectivity index (χ4v) is 23.0. The average molecular weight is 496 g/mol. The molecule has 2 aliphatic rings. The minimum absolute atomic E-state index is 0.129. The van der Waals surface area contributed by atoms with Crippen molar-refractivity contribution in [1.29, 1.82) is 0 Å². The van der Waals surface area contributed by atoms with Gasteiger partial charge in [0.05, 0.1) is 0 Å². The number of hydrogen-bond acceptors (Lipinski definition) is 0. The first-order valence-corrected chi connectivity index (χ1v) is 17.5. The predicted octanol–water partition coefficient (Wildman–Crippen LogP) is 8.37. The van der Waals surface area contributed by atoms with Crippen LogP contribution in [0.3, 0.4) is 0 Å². The van der Waals surface area contributed by atoms with Gasteiger partial charge in [0.2, 0.25) is 0 Å². The van der Waals surface area contributed by atoms with Crippen molar-refractivity contribution in [1.82, 2.24) is 0 Å². The Balaban J connectivity index is 1.60. The molecule has 0 spiro atoms. The molecule has 2 aliphatic heterocycles. The number of benzene rings is 2. The average Bonchev–Trinajstić information content (AvgIpc) is 3.26.